The van der Waals surface area contributed by atoms with Crippen LogP contribution in [0.25, 0.3) is 0 Å². The van der Waals surface area contributed by atoms with E-state index in [-0.39, 0.29) is 5.56 Å². The lowest BCUT2D eigenvalue weighted by molar-refractivity contribution is 0.0697. The Hall–Kier alpha value is -2.63. The molecule has 98 valence electrons. The molecule has 0 saturated carbocycles. The molecule has 1 aromatic carbocycles. The molecule has 0 aliphatic rings. The molecule has 6 heteroatoms. The van der Waals surface area contributed by atoms with Crippen LogP contribution < -0.4 is 5.73 Å². The van der Waals surface area contributed by atoms with Crippen LogP contribution in [0.3, 0.4) is 0 Å². The average molecular weight is 258 g/mol. The predicted octanol–water partition coefficient (Wildman–Crippen LogP) is 1.66. The number of hydrogen-bond donors (Lipinski definition) is 2. The molecule has 1 heterocycles. The first-order valence-electron chi connectivity index (χ1n) is 5.67. The van der Waals surface area contributed by atoms with E-state index in [0.29, 0.717) is 5.95 Å². The molecule has 3 N–H and O–H groups in total. The SMILES string of the molecule is Cc1cn(N=Cc2ccc(C(=O)O)cc2C)c(N)n1. The van der Waals surface area contributed by atoms with Gasteiger partial charge in [0.2, 0.25) is 5.95 Å². The van der Waals surface area contributed by atoms with Crippen LogP contribution in [-0.2, 0) is 0 Å². The Balaban J connectivity index is 2.29. The lowest BCUT2D eigenvalue weighted by Gasteiger charge is -2.02. The zero-order valence-electron chi connectivity index (χ0n) is 10.7. The van der Waals surface area contributed by atoms with Crippen molar-refractivity contribution in [2.24, 2.45) is 5.10 Å². The molecule has 0 aliphatic carbocycles. The van der Waals surface area contributed by atoms with Gasteiger partial charge in [0.15, 0.2) is 0 Å². The number of nitrogens with zero attached hydrogens (tertiary/aromatic N) is 3. The number of imidazole rings is 1. The molecule has 1 aromatic heterocycles. The molecule has 0 saturated heterocycles. The van der Waals surface area contributed by atoms with E-state index in [9.17, 15) is 4.79 Å². The summed E-state index contributed by atoms with van der Waals surface area (Å²) in [6.45, 7) is 3.66. The summed E-state index contributed by atoms with van der Waals surface area (Å²) in [7, 11) is 0. The van der Waals surface area contributed by atoms with Crippen LogP contribution in [0.4, 0.5) is 5.95 Å². The third-order valence-electron chi connectivity index (χ3n) is 2.67. The highest BCUT2D eigenvalue weighted by molar-refractivity contribution is 5.90. The van der Waals surface area contributed by atoms with E-state index in [1.165, 1.54) is 4.68 Å². The first kappa shape index (κ1) is 12.8. The van der Waals surface area contributed by atoms with Crippen LogP contribution in [0, 0.1) is 13.8 Å². The molecule has 19 heavy (non-hydrogen) atoms. The number of benzene rings is 1. The lowest BCUT2D eigenvalue weighted by Crippen LogP contribution is -2.00. The molecule has 6 nitrogen and oxygen atoms in total. The van der Waals surface area contributed by atoms with Crippen LogP contribution in [0.5, 0.6) is 0 Å². The van der Waals surface area contributed by atoms with Crippen LogP contribution >= 0.6 is 0 Å². The molecular weight excluding hydrogens is 244 g/mol. The maximum absolute atomic E-state index is 10.8. The first-order chi connectivity index (χ1) is 8.97. The highest BCUT2D eigenvalue weighted by Gasteiger charge is 2.04. The maximum atomic E-state index is 10.8. The number of aromatic carboxylic acids is 1. The maximum Gasteiger partial charge on any atom is 0.335 e. The minimum atomic E-state index is -0.943. The molecule has 0 radical (unpaired) electrons. The standard InChI is InChI=1S/C13H14N4O2/c1-8-5-10(12(18)19)3-4-11(8)6-15-17-7-9(2)16-13(17)14/h3-7H,1-2H3,(H2,14,16)(H,18,19). The van der Waals surface area contributed by atoms with Crippen LogP contribution in [0.15, 0.2) is 29.5 Å². The van der Waals surface area contributed by atoms with E-state index in [2.05, 4.69) is 10.1 Å². The summed E-state index contributed by atoms with van der Waals surface area (Å²) in [5, 5.41) is 13.1. The highest BCUT2D eigenvalue weighted by atomic mass is 16.4. The summed E-state index contributed by atoms with van der Waals surface area (Å²) in [6.07, 6.45) is 3.34. The van der Waals surface area contributed by atoms with Gasteiger partial charge in [-0.15, -0.1) is 0 Å². The number of hydrogen-bond acceptors (Lipinski definition) is 4. The van der Waals surface area contributed by atoms with Gasteiger partial charge in [-0.1, -0.05) is 6.07 Å². The largest absolute Gasteiger partial charge is 0.478 e. The van der Waals surface area contributed by atoms with E-state index >= 15 is 0 Å². The van der Waals surface area contributed by atoms with Crippen molar-refractivity contribution in [1.82, 2.24) is 9.66 Å². The molecule has 0 spiro atoms. The van der Waals surface area contributed by atoms with Crippen molar-refractivity contribution < 1.29 is 9.90 Å². The highest BCUT2D eigenvalue weighted by Crippen LogP contribution is 2.10. The van der Waals surface area contributed by atoms with Gasteiger partial charge in [-0.25, -0.2) is 14.5 Å². The number of carboxylic acids is 1. The first-order valence-corrected chi connectivity index (χ1v) is 5.67. The number of anilines is 1. The van der Waals surface area contributed by atoms with Crippen molar-refractivity contribution in [2.45, 2.75) is 13.8 Å². The Bertz CT molecular complexity index is 659. The van der Waals surface area contributed by atoms with Gasteiger partial charge in [0.05, 0.1) is 23.7 Å². The molecule has 0 bridgehead atoms. The second-order valence-electron chi connectivity index (χ2n) is 4.21. The average Bonchev–Trinajstić information content (AvgIpc) is 2.66. The lowest BCUT2D eigenvalue weighted by atomic mass is 10.1. The Labute approximate surface area is 110 Å². The number of carbonyl (C=O) groups is 1. The third-order valence-corrected chi connectivity index (χ3v) is 2.67. The smallest absolute Gasteiger partial charge is 0.335 e. The predicted molar refractivity (Wildman–Crippen MR) is 72.5 cm³/mol. The number of nitrogens with two attached hydrogens (primary N) is 1. The zero-order chi connectivity index (χ0) is 14.0. The fraction of sp³-hybridized carbons (Fsp3) is 0.154. The summed E-state index contributed by atoms with van der Waals surface area (Å²) in [4.78, 5) is 14.9. The quantitative estimate of drug-likeness (QED) is 0.819. The molecule has 2 rings (SSSR count). The molecule has 0 aliphatic heterocycles. The third kappa shape index (κ3) is 2.79. The van der Waals surface area contributed by atoms with Crippen molar-refractivity contribution in [3.05, 3.63) is 46.8 Å². The summed E-state index contributed by atoms with van der Waals surface area (Å²) < 4.78 is 1.47. The van der Waals surface area contributed by atoms with Crippen molar-refractivity contribution >= 4 is 18.1 Å². The monoisotopic (exact) mass is 258 g/mol. The minimum Gasteiger partial charge on any atom is -0.478 e. The van der Waals surface area contributed by atoms with Gasteiger partial charge in [-0.05, 0) is 37.1 Å². The number of aromatic nitrogens is 2. The summed E-state index contributed by atoms with van der Waals surface area (Å²) in [5.74, 6) is -0.630. The van der Waals surface area contributed by atoms with Crippen LogP contribution in [-0.4, -0.2) is 27.0 Å². The molecule has 0 fully saturated rings. The van der Waals surface area contributed by atoms with E-state index < -0.39 is 5.97 Å². The van der Waals surface area contributed by atoms with Crippen molar-refractivity contribution in [2.75, 3.05) is 5.73 Å². The van der Waals surface area contributed by atoms with Gasteiger partial charge < -0.3 is 10.8 Å². The van der Waals surface area contributed by atoms with Gasteiger partial charge in [-0.3, -0.25) is 0 Å². The molecule has 0 amide bonds. The fourth-order valence-electron chi connectivity index (χ4n) is 1.67. The van der Waals surface area contributed by atoms with E-state index in [1.807, 2.05) is 13.8 Å². The van der Waals surface area contributed by atoms with Crippen LogP contribution in [0.2, 0.25) is 0 Å². The van der Waals surface area contributed by atoms with Crippen molar-refractivity contribution in [3.63, 3.8) is 0 Å². The minimum absolute atomic E-state index is 0.257. The molecule has 2 aromatic rings. The fourth-order valence-corrected chi connectivity index (χ4v) is 1.67. The summed E-state index contributed by atoms with van der Waals surface area (Å²) in [5.41, 5.74) is 8.37. The Morgan fingerprint density at radius 2 is 2.21 bits per heavy atom. The molecular formula is C13H14N4O2. The topological polar surface area (TPSA) is 93.5 Å². The van der Waals surface area contributed by atoms with Gasteiger partial charge >= 0.3 is 5.97 Å². The van der Waals surface area contributed by atoms with Crippen molar-refractivity contribution in [1.29, 1.82) is 0 Å². The summed E-state index contributed by atoms with van der Waals surface area (Å²) in [6, 6.07) is 4.85. The Kier molecular flexibility index (Phi) is 3.33. The second kappa shape index (κ2) is 4.93. The van der Waals surface area contributed by atoms with Crippen molar-refractivity contribution in [3.8, 4) is 0 Å². The second-order valence-corrected chi connectivity index (χ2v) is 4.21. The van der Waals surface area contributed by atoms with E-state index in [0.717, 1.165) is 16.8 Å². The number of nitrogen functional groups attached to an aromatic ring is 1. The number of rotatable bonds is 3. The molecule has 0 unspecified atom stereocenters. The normalized spacial score (nSPS) is 11.1. The van der Waals surface area contributed by atoms with Gasteiger partial charge in [0.1, 0.15) is 0 Å². The number of aryl methyl sites for hydroxylation is 2. The van der Waals surface area contributed by atoms with Gasteiger partial charge in [0, 0.05) is 0 Å². The van der Waals surface area contributed by atoms with E-state index in [4.69, 9.17) is 10.8 Å². The van der Waals surface area contributed by atoms with E-state index in [1.54, 1.807) is 30.6 Å². The zero-order valence-corrected chi connectivity index (χ0v) is 10.7. The number of carboxylic acid groups (broad SMARTS) is 1. The summed E-state index contributed by atoms with van der Waals surface area (Å²) >= 11 is 0. The van der Waals surface area contributed by atoms with Gasteiger partial charge in [0.25, 0.3) is 0 Å². The Morgan fingerprint density at radius 1 is 1.47 bits per heavy atom. The van der Waals surface area contributed by atoms with Gasteiger partial charge in [-0.2, -0.15) is 5.10 Å². The Morgan fingerprint density at radius 3 is 2.74 bits per heavy atom. The van der Waals surface area contributed by atoms with Crippen LogP contribution in [0.1, 0.15) is 27.2 Å². The molecule has 0 atom stereocenters.